The summed E-state index contributed by atoms with van der Waals surface area (Å²) in [6.45, 7) is 0.467. The molecule has 0 spiro atoms. The number of methoxy groups -OCH3 is 1. The van der Waals surface area contributed by atoms with Crippen LogP contribution in [0, 0.1) is 11.6 Å². The normalized spacial score (nSPS) is 10.2. The highest BCUT2D eigenvalue weighted by molar-refractivity contribution is 5.90. The fraction of sp³-hybridized carbons (Fsp3) is 0.417. The van der Waals surface area contributed by atoms with Crippen LogP contribution in [0.1, 0.15) is 23.2 Å². The Balaban J connectivity index is 2.78. The molecule has 0 amide bonds. The summed E-state index contributed by atoms with van der Waals surface area (Å²) in [6.07, 6.45) is 1.22. The van der Waals surface area contributed by atoms with Gasteiger partial charge in [-0.2, -0.15) is 0 Å². The van der Waals surface area contributed by atoms with E-state index in [1.807, 2.05) is 0 Å². The molecule has 1 aromatic carbocycles. The van der Waals surface area contributed by atoms with E-state index >= 15 is 0 Å². The van der Waals surface area contributed by atoms with Gasteiger partial charge in [-0.05, 0) is 25.0 Å². The van der Waals surface area contributed by atoms with Crippen molar-refractivity contribution in [2.75, 3.05) is 25.6 Å². The van der Waals surface area contributed by atoms with Crippen LogP contribution < -0.4 is 5.32 Å². The maximum absolute atomic E-state index is 13.6. The summed E-state index contributed by atoms with van der Waals surface area (Å²) in [5.41, 5.74) is -0.450. The number of aliphatic hydroxyl groups excluding tert-OH is 1. The molecule has 1 aromatic rings. The second-order valence-electron chi connectivity index (χ2n) is 3.64. The molecule has 0 aliphatic heterocycles. The van der Waals surface area contributed by atoms with Gasteiger partial charge in [-0.1, -0.05) is 0 Å². The van der Waals surface area contributed by atoms with Crippen LogP contribution in [-0.4, -0.2) is 31.3 Å². The predicted molar refractivity (Wildman–Crippen MR) is 62.5 cm³/mol. The van der Waals surface area contributed by atoms with Crippen molar-refractivity contribution in [2.24, 2.45) is 0 Å². The minimum absolute atomic E-state index is 0.0157. The minimum Gasteiger partial charge on any atom is -0.465 e. The first-order chi connectivity index (χ1) is 8.61. The number of esters is 1. The highest BCUT2D eigenvalue weighted by Gasteiger charge is 2.18. The van der Waals surface area contributed by atoms with Crippen LogP contribution >= 0.6 is 0 Å². The molecule has 0 aliphatic rings. The SMILES string of the molecule is COC(=O)c1ccc(NCCCCO)c(F)c1F. The molecule has 0 radical (unpaired) electrons. The van der Waals surface area contributed by atoms with Crippen LogP contribution in [0.15, 0.2) is 12.1 Å². The summed E-state index contributed by atoms with van der Waals surface area (Å²) in [5.74, 6) is -3.26. The predicted octanol–water partition coefficient (Wildman–Crippen LogP) is 1.94. The van der Waals surface area contributed by atoms with Gasteiger partial charge in [0.1, 0.15) is 0 Å². The molecule has 0 saturated heterocycles. The Morgan fingerprint density at radius 1 is 1.33 bits per heavy atom. The molecule has 2 N–H and O–H groups in total. The van der Waals surface area contributed by atoms with Crippen molar-refractivity contribution in [3.05, 3.63) is 29.3 Å². The van der Waals surface area contributed by atoms with E-state index in [4.69, 9.17) is 5.11 Å². The van der Waals surface area contributed by atoms with Gasteiger partial charge in [-0.15, -0.1) is 0 Å². The van der Waals surface area contributed by atoms with E-state index in [-0.39, 0.29) is 12.3 Å². The number of rotatable bonds is 6. The van der Waals surface area contributed by atoms with E-state index in [0.29, 0.717) is 19.4 Å². The zero-order valence-electron chi connectivity index (χ0n) is 10.0. The monoisotopic (exact) mass is 259 g/mol. The first-order valence-corrected chi connectivity index (χ1v) is 5.52. The number of carbonyl (C=O) groups excluding carboxylic acids is 1. The molecule has 0 fully saturated rings. The number of ether oxygens (including phenoxy) is 1. The third kappa shape index (κ3) is 3.40. The van der Waals surface area contributed by atoms with E-state index in [1.54, 1.807) is 0 Å². The standard InChI is InChI=1S/C12H15F2NO3/c1-18-12(17)8-4-5-9(11(14)10(8)13)15-6-2-3-7-16/h4-5,15-16H,2-3,6-7H2,1H3. The third-order valence-corrected chi connectivity index (χ3v) is 2.39. The lowest BCUT2D eigenvalue weighted by Gasteiger charge is -2.09. The van der Waals surface area contributed by atoms with Gasteiger partial charge in [0.15, 0.2) is 11.6 Å². The molecule has 0 aromatic heterocycles. The van der Waals surface area contributed by atoms with Gasteiger partial charge in [-0.25, -0.2) is 13.6 Å². The number of anilines is 1. The molecule has 0 aliphatic carbocycles. The maximum atomic E-state index is 13.6. The molecule has 0 unspecified atom stereocenters. The van der Waals surface area contributed by atoms with E-state index in [2.05, 4.69) is 10.1 Å². The Morgan fingerprint density at radius 3 is 2.67 bits per heavy atom. The van der Waals surface area contributed by atoms with E-state index in [9.17, 15) is 13.6 Å². The Hall–Kier alpha value is -1.69. The van der Waals surface area contributed by atoms with E-state index in [0.717, 1.165) is 7.11 Å². The van der Waals surface area contributed by atoms with Gasteiger partial charge in [0.25, 0.3) is 0 Å². The fourth-order valence-electron chi connectivity index (χ4n) is 1.41. The molecule has 18 heavy (non-hydrogen) atoms. The number of benzene rings is 1. The Morgan fingerprint density at radius 2 is 2.06 bits per heavy atom. The van der Waals surface area contributed by atoms with Crippen molar-refractivity contribution in [3.8, 4) is 0 Å². The van der Waals surface area contributed by atoms with Crippen molar-refractivity contribution in [1.29, 1.82) is 0 Å². The Kier molecular flexibility index (Phi) is 5.51. The summed E-state index contributed by atoms with van der Waals surface area (Å²) in [5, 5.41) is 11.3. The molecule has 0 saturated carbocycles. The van der Waals surface area contributed by atoms with Crippen molar-refractivity contribution in [3.63, 3.8) is 0 Å². The molecular weight excluding hydrogens is 244 g/mol. The number of halogens is 2. The Labute approximate surface area is 104 Å². The average molecular weight is 259 g/mol. The van der Waals surface area contributed by atoms with Gasteiger partial charge in [0.2, 0.25) is 0 Å². The maximum Gasteiger partial charge on any atom is 0.340 e. The number of unbranched alkanes of at least 4 members (excludes halogenated alkanes) is 1. The average Bonchev–Trinajstić information content (AvgIpc) is 2.38. The number of hydrogen-bond acceptors (Lipinski definition) is 4. The van der Waals surface area contributed by atoms with E-state index in [1.165, 1.54) is 12.1 Å². The third-order valence-electron chi connectivity index (χ3n) is 2.39. The quantitative estimate of drug-likeness (QED) is 0.605. The van der Waals surface area contributed by atoms with Crippen molar-refractivity contribution < 1.29 is 23.4 Å². The Bertz CT molecular complexity index is 424. The molecule has 4 nitrogen and oxygen atoms in total. The summed E-state index contributed by atoms with van der Waals surface area (Å²) in [4.78, 5) is 11.1. The summed E-state index contributed by atoms with van der Waals surface area (Å²) < 4.78 is 31.4. The summed E-state index contributed by atoms with van der Waals surface area (Å²) >= 11 is 0. The first-order valence-electron chi connectivity index (χ1n) is 5.52. The number of aliphatic hydroxyl groups is 1. The molecule has 100 valence electrons. The highest BCUT2D eigenvalue weighted by atomic mass is 19.2. The number of carbonyl (C=O) groups is 1. The highest BCUT2D eigenvalue weighted by Crippen LogP contribution is 2.21. The second kappa shape index (κ2) is 6.90. The zero-order chi connectivity index (χ0) is 13.5. The van der Waals surface area contributed by atoms with Gasteiger partial charge in [0, 0.05) is 13.2 Å². The summed E-state index contributed by atoms with van der Waals surface area (Å²) in [7, 11) is 1.10. The molecule has 0 bridgehead atoms. The lowest BCUT2D eigenvalue weighted by molar-refractivity contribution is 0.0594. The van der Waals surface area contributed by atoms with Crippen LogP contribution in [0.3, 0.4) is 0 Å². The largest absolute Gasteiger partial charge is 0.465 e. The lowest BCUT2D eigenvalue weighted by Crippen LogP contribution is -2.10. The van der Waals surface area contributed by atoms with Crippen molar-refractivity contribution >= 4 is 11.7 Å². The van der Waals surface area contributed by atoms with Crippen LogP contribution in [0.2, 0.25) is 0 Å². The second-order valence-corrected chi connectivity index (χ2v) is 3.64. The first kappa shape index (κ1) is 14.4. The molecule has 1 rings (SSSR count). The minimum atomic E-state index is -1.23. The van der Waals surface area contributed by atoms with Crippen LogP contribution in [-0.2, 0) is 4.74 Å². The van der Waals surface area contributed by atoms with Crippen LogP contribution in [0.25, 0.3) is 0 Å². The van der Waals surface area contributed by atoms with Crippen molar-refractivity contribution in [1.82, 2.24) is 0 Å². The van der Waals surface area contributed by atoms with E-state index < -0.39 is 23.2 Å². The van der Waals surface area contributed by atoms with Gasteiger partial charge >= 0.3 is 5.97 Å². The molecule has 0 heterocycles. The molecule has 6 heteroatoms. The van der Waals surface area contributed by atoms with Crippen LogP contribution in [0.5, 0.6) is 0 Å². The fourth-order valence-corrected chi connectivity index (χ4v) is 1.41. The summed E-state index contributed by atoms with van der Waals surface area (Å²) in [6, 6.07) is 2.45. The van der Waals surface area contributed by atoms with Gasteiger partial charge < -0.3 is 15.2 Å². The topological polar surface area (TPSA) is 58.6 Å². The number of nitrogens with one attached hydrogen (secondary N) is 1. The number of hydrogen-bond donors (Lipinski definition) is 2. The van der Waals surface area contributed by atoms with Gasteiger partial charge in [0.05, 0.1) is 18.4 Å². The lowest BCUT2D eigenvalue weighted by atomic mass is 10.1. The van der Waals surface area contributed by atoms with Gasteiger partial charge in [-0.3, -0.25) is 0 Å². The zero-order valence-corrected chi connectivity index (χ0v) is 10.0. The smallest absolute Gasteiger partial charge is 0.340 e. The van der Waals surface area contributed by atoms with Crippen molar-refractivity contribution in [2.45, 2.75) is 12.8 Å². The van der Waals surface area contributed by atoms with Crippen LogP contribution in [0.4, 0.5) is 14.5 Å². The molecule has 0 atom stereocenters. The molecular formula is C12H15F2NO3.